The number of hydrogen-bond acceptors (Lipinski definition) is 6. The molecule has 1 aliphatic carbocycles. The average Bonchev–Trinajstić information content (AvgIpc) is 3.18. The van der Waals surface area contributed by atoms with Crippen LogP contribution in [0.4, 0.5) is 0 Å². The first-order valence-electron chi connectivity index (χ1n) is 8.98. The SMILES string of the molecule is COCCn1c(SCC#N)nc2cc(C(=O)NC3CCCC3)ccc2c1=O. The number of aromatic nitrogens is 2. The van der Waals surface area contributed by atoms with E-state index in [9.17, 15) is 9.59 Å². The number of ether oxygens (including phenoxy) is 1. The summed E-state index contributed by atoms with van der Waals surface area (Å²) in [6.45, 7) is 0.727. The second kappa shape index (κ2) is 9.02. The summed E-state index contributed by atoms with van der Waals surface area (Å²) in [7, 11) is 1.57. The molecule has 2 aromatic rings. The van der Waals surface area contributed by atoms with Gasteiger partial charge >= 0.3 is 0 Å². The van der Waals surface area contributed by atoms with Crippen LogP contribution in [0.3, 0.4) is 0 Å². The molecule has 1 saturated carbocycles. The number of benzene rings is 1. The Balaban J connectivity index is 1.95. The molecule has 142 valence electrons. The van der Waals surface area contributed by atoms with Crippen molar-refractivity contribution in [1.29, 1.82) is 5.26 Å². The Morgan fingerprint density at radius 1 is 1.44 bits per heavy atom. The highest BCUT2D eigenvalue weighted by Gasteiger charge is 2.19. The maximum Gasteiger partial charge on any atom is 0.262 e. The van der Waals surface area contributed by atoms with E-state index in [4.69, 9.17) is 10.00 Å². The molecule has 1 aromatic carbocycles. The zero-order valence-corrected chi connectivity index (χ0v) is 16.1. The van der Waals surface area contributed by atoms with Crippen LogP contribution in [0.2, 0.25) is 0 Å². The lowest BCUT2D eigenvalue weighted by atomic mass is 10.1. The summed E-state index contributed by atoms with van der Waals surface area (Å²) in [5, 5.41) is 12.8. The van der Waals surface area contributed by atoms with Gasteiger partial charge in [-0.2, -0.15) is 5.26 Å². The average molecular weight is 386 g/mol. The number of nitrogens with zero attached hydrogens (tertiary/aromatic N) is 3. The zero-order chi connectivity index (χ0) is 19.2. The Kier molecular flexibility index (Phi) is 6.48. The summed E-state index contributed by atoms with van der Waals surface area (Å²) in [6.07, 6.45) is 4.31. The molecule has 3 rings (SSSR count). The molecule has 0 spiro atoms. The molecule has 0 bridgehead atoms. The fourth-order valence-corrected chi connectivity index (χ4v) is 3.95. The van der Waals surface area contributed by atoms with E-state index >= 15 is 0 Å². The summed E-state index contributed by atoms with van der Waals surface area (Å²) >= 11 is 1.20. The second-order valence-electron chi connectivity index (χ2n) is 6.48. The Morgan fingerprint density at radius 3 is 2.93 bits per heavy atom. The van der Waals surface area contributed by atoms with Gasteiger partial charge in [0.25, 0.3) is 11.5 Å². The molecule has 1 aliphatic rings. The Labute approximate surface area is 161 Å². The fraction of sp³-hybridized carbons (Fsp3) is 0.474. The number of amides is 1. The molecular weight excluding hydrogens is 364 g/mol. The highest BCUT2D eigenvalue weighted by atomic mass is 32.2. The topological polar surface area (TPSA) is 97.0 Å². The van der Waals surface area contributed by atoms with Gasteiger partial charge in [-0.3, -0.25) is 14.2 Å². The minimum atomic E-state index is -0.194. The van der Waals surface area contributed by atoms with Crippen LogP contribution < -0.4 is 10.9 Å². The van der Waals surface area contributed by atoms with E-state index in [0.717, 1.165) is 25.7 Å². The van der Waals surface area contributed by atoms with Gasteiger partial charge in [-0.25, -0.2) is 4.98 Å². The molecular formula is C19H22N4O3S. The number of rotatable bonds is 7. The smallest absolute Gasteiger partial charge is 0.262 e. The van der Waals surface area contributed by atoms with Gasteiger partial charge < -0.3 is 10.1 Å². The summed E-state index contributed by atoms with van der Waals surface area (Å²) in [5.74, 6) is 0.0488. The van der Waals surface area contributed by atoms with E-state index in [1.807, 2.05) is 6.07 Å². The second-order valence-corrected chi connectivity index (χ2v) is 7.42. The van der Waals surface area contributed by atoms with Crippen LogP contribution in [0.15, 0.2) is 28.2 Å². The van der Waals surface area contributed by atoms with Crippen LogP contribution in [-0.4, -0.2) is 41.0 Å². The number of hydrogen-bond donors (Lipinski definition) is 1. The number of carbonyl (C=O) groups is 1. The summed E-state index contributed by atoms with van der Waals surface area (Å²) < 4.78 is 6.59. The first-order valence-corrected chi connectivity index (χ1v) is 9.96. The van der Waals surface area contributed by atoms with Gasteiger partial charge in [-0.1, -0.05) is 24.6 Å². The van der Waals surface area contributed by atoms with Gasteiger partial charge in [-0.05, 0) is 31.0 Å². The van der Waals surface area contributed by atoms with Gasteiger partial charge in [0.2, 0.25) is 0 Å². The predicted molar refractivity (Wildman–Crippen MR) is 104 cm³/mol. The molecule has 1 amide bonds. The van der Waals surface area contributed by atoms with Gasteiger partial charge in [0.05, 0.1) is 35.9 Å². The monoisotopic (exact) mass is 386 g/mol. The Bertz CT molecular complexity index is 929. The number of nitriles is 1. The lowest BCUT2D eigenvalue weighted by Crippen LogP contribution is -2.32. The first kappa shape index (κ1) is 19.4. The largest absolute Gasteiger partial charge is 0.383 e. The van der Waals surface area contributed by atoms with Crippen molar-refractivity contribution in [3.05, 3.63) is 34.1 Å². The molecule has 0 unspecified atom stereocenters. The minimum absolute atomic E-state index is 0.139. The zero-order valence-electron chi connectivity index (χ0n) is 15.2. The highest BCUT2D eigenvalue weighted by molar-refractivity contribution is 7.99. The molecule has 1 N–H and O–H groups in total. The molecule has 1 heterocycles. The molecule has 1 aromatic heterocycles. The number of carbonyl (C=O) groups excluding carboxylic acids is 1. The van der Waals surface area contributed by atoms with Crippen molar-refractivity contribution in [3.63, 3.8) is 0 Å². The maximum absolute atomic E-state index is 12.8. The Hall–Kier alpha value is -2.37. The molecule has 0 saturated heterocycles. The van der Waals surface area contributed by atoms with E-state index in [1.165, 1.54) is 16.3 Å². The molecule has 8 heteroatoms. The maximum atomic E-state index is 12.8. The van der Waals surface area contributed by atoms with Crippen LogP contribution in [-0.2, 0) is 11.3 Å². The predicted octanol–water partition coefficient (Wildman–Crippen LogP) is 2.33. The number of nitrogens with one attached hydrogen (secondary N) is 1. The van der Waals surface area contributed by atoms with Crippen molar-refractivity contribution < 1.29 is 9.53 Å². The third kappa shape index (κ3) is 4.49. The van der Waals surface area contributed by atoms with Crippen LogP contribution in [0.25, 0.3) is 10.9 Å². The Morgan fingerprint density at radius 2 is 2.22 bits per heavy atom. The van der Waals surface area contributed by atoms with Gasteiger partial charge in [0.15, 0.2) is 5.16 Å². The van der Waals surface area contributed by atoms with Crippen LogP contribution >= 0.6 is 11.8 Å². The molecule has 0 radical (unpaired) electrons. The number of methoxy groups -OCH3 is 1. The van der Waals surface area contributed by atoms with Crippen LogP contribution in [0.5, 0.6) is 0 Å². The van der Waals surface area contributed by atoms with Gasteiger partial charge in [0.1, 0.15) is 0 Å². The van der Waals surface area contributed by atoms with Crippen molar-refractivity contribution in [2.75, 3.05) is 19.5 Å². The van der Waals surface area contributed by atoms with Crippen LogP contribution in [0.1, 0.15) is 36.0 Å². The van der Waals surface area contributed by atoms with E-state index in [0.29, 0.717) is 34.8 Å². The summed E-state index contributed by atoms with van der Waals surface area (Å²) in [6, 6.07) is 7.24. The normalized spacial score (nSPS) is 14.4. The quantitative estimate of drug-likeness (QED) is 0.579. The van der Waals surface area contributed by atoms with E-state index in [-0.39, 0.29) is 23.3 Å². The van der Waals surface area contributed by atoms with Crippen molar-refractivity contribution in [2.45, 2.75) is 43.4 Å². The molecule has 27 heavy (non-hydrogen) atoms. The van der Waals surface area contributed by atoms with E-state index < -0.39 is 0 Å². The minimum Gasteiger partial charge on any atom is -0.383 e. The number of fused-ring (bicyclic) bond motifs is 1. The van der Waals surface area contributed by atoms with Gasteiger partial charge in [0, 0.05) is 18.7 Å². The molecule has 7 nitrogen and oxygen atoms in total. The molecule has 0 atom stereocenters. The van der Waals surface area contributed by atoms with Crippen LogP contribution in [0, 0.1) is 11.3 Å². The van der Waals surface area contributed by atoms with E-state index in [2.05, 4.69) is 10.3 Å². The highest BCUT2D eigenvalue weighted by Crippen LogP contribution is 2.20. The lowest BCUT2D eigenvalue weighted by molar-refractivity contribution is 0.0938. The summed E-state index contributed by atoms with van der Waals surface area (Å²) in [5.41, 5.74) is 0.764. The number of thioether (sulfide) groups is 1. The third-order valence-corrected chi connectivity index (χ3v) is 5.50. The fourth-order valence-electron chi connectivity index (χ4n) is 3.27. The first-order chi connectivity index (χ1) is 13.1. The van der Waals surface area contributed by atoms with Crippen molar-refractivity contribution in [1.82, 2.24) is 14.9 Å². The summed E-state index contributed by atoms with van der Waals surface area (Å²) in [4.78, 5) is 29.9. The molecule has 1 fully saturated rings. The van der Waals surface area contributed by atoms with E-state index in [1.54, 1.807) is 25.3 Å². The molecule has 0 aliphatic heterocycles. The van der Waals surface area contributed by atoms with Crippen molar-refractivity contribution in [2.24, 2.45) is 0 Å². The third-order valence-electron chi connectivity index (χ3n) is 4.66. The van der Waals surface area contributed by atoms with Crippen molar-refractivity contribution >= 4 is 28.6 Å². The standard InChI is InChI=1S/C19H22N4O3S/c1-26-10-9-23-18(25)15-7-6-13(17(24)21-14-4-2-3-5-14)12-16(15)22-19(23)27-11-8-20/h6-7,12,14H,2-5,9-11H2,1H3,(H,21,24). The van der Waals surface area contributed by atoms with Gasteiger partial charge in [-0.15, -0.1) is 0 Å². The van der Waals surface area contributed by atoms with Crippen molar-refractivity contribution in [3.8, 4) is 6.07 Å². The lowest BCUT2D eigenvalue weighted by Gasteiger charge is -2.14.